The van der Waals surface area contributed by atoms with Crippen LogP contribution in [0.3, 0.4) is 0 Å². The Morgan fingerprint density at radius 3 is 2.58 bits per heavy atom. The van der Waals surface area contributed by atoms with Gasteiger partial charge in [-0.1, -0.05) is 74.1 Å². The summed E-state index contributed by atoms with van der Waals surface area (Å²) >= 11 is 0. The first-order chi connectivity index (χ1) is 18.8. The van der Waals surface area contributed by atoms with Crippen LogP contribution in [-0.2, 0) is 10.0 Å². The normalized spacial score (nSPS) is 22.4. The summed E-state index contributed by atoms with van der Waals surface area (Å²) in [6, 6.07) is 0. The van der Waals surface area contributed by atoms with E-state index in [1.807, 2.05) is 50.2 Å². The van der Waals surface area contributed by atoms with Crippen LogP contribution in [-0.4, -0.2) is 62.1 Å². The third-order valence-corrected chi connectivity index (χ3v) is 9.58. The highest BCUT2D eigenvalue weighted by Gasteiger charge is 2.46. The molecule has 5 nitrogen and oxygen atoms in total. The first-order valence-electron chi connectivity index (χ1n) is 14.1. The van der Waals surface area contributed by atoms with Crippen molar-refractivity contribution in [1.29, 1.82) is 0 Å². The van der Waals surface area contributed by atoms with Crippen LogP contribution >= 0.6 is 0 Å². The third-order valence-electron chi connectivity index (χ3n) is 7.77. The number of allylic oxidation sites excluding steroid dienone is 9. The highest BCUT2D eigenvalue weighted by Crippen LogP contribution is 2.53. The van der Waals surface area contributed by atoms with Crippen LogP contribution in [0.1, 0.15) is 66.7 Å². The van der Waals surface area contributed by atoms with Crippen LogP contribution in [0.15, 0.2) is 76.5 Å². The molecule has 0 aromatic rings. The molecular formula is C31H46F3N3O2S. The number of sulfonamides is 1. The minimum absolute atomic E-state index is 0.0266. The molecule has 0 bridgehead atoms. The fourth-order valence-corrected chi connectivity index (χ4v) is 6.73. The van der Waals surface area contributed by atoms with E-state index in [-0.39, 0.29) is 24.4 Å². The molecule has 224 valence electrons. The Morgan fingerprint density at radius 1 is 1.25 bits per heavy atom. The van der Waals surface area contributed by atoms with Crippen molar-refractivity contribution in [3.05, 3.63) is 71.4 Å². The van der Waals surface area contributed by atoms with E-state index in [2.05, 4.69) is 49.8 Å². The summed E-state index contributed by atoms with van der Waals surface area (Å²) in [5.74, 6) is -1.97. The zero-order valence-corrected chi connectivity index (χ0v) is 25.5. The van der Waals surface area contributed by atoms with Gasteiger partial charge in [-0.2, -0.15) is 18.3 Å². The molecule has 0 amide bonds. The SMILES string of the molecule is C=C(C)/C(=C\C=C/C)CCN(CC1CCC2=CC=C(/C=N\N(CC)C/C=C\CC)C[C@@]21C)S(=O)(=O)CC(F)(F)F. The number of likely N-dealkylation sites (N-methyl/N-ethyl adjacent to an activating group) is 1. The van der Waals surface area contributed by atoms with Gasteiger partial charge in [0, 0.05) is 19.6 Å². The average molecular weight is 582 g/mol. The summed E-state index contributed by atoms with van der Waals surface area (Å²) in [6.07, 6.45) is 14.3. The van der Waals surface area contributed by atoms with Gasteiger partial charge >= 0.3 is 6.18 Å². The number of halogens is 3. The number of fused-ring (bicyclic) bond motifs is 1. The van der Waals surface area contributed by atoms with Crippen LogP contribution in [0.2, 0.25) is 0 Å². The number of alkyl halides is 3. The lowest BCUT2D eigenvalue weighted by Crippen LogP contribution is -2.43. The van der Waals surface area contributed by atoms with Gasteiger partial charge < -0.3 is 0 Å². The maximum absolute atomic E-state index is 13.3. The summed E-state index contributed by atoms with van der Waals surface area (Å²) < 4.78 is 67.1. The largest absolute Gasteiger partial charge is 0.404 e. The molecule has 1 unspecified atom stereocenters. The minimum atomic E-state index is -4.81. The van der Waals surface area contributed by atoms with Crippen molar-refractivity contribution in [3.63, 3.8) is 0 Å². The second-order valence-corrected chi connectivity index (χ2v) is 12.8. The molecule has 1 fully saturated rings. The summed E-state index contributed by atoms with van der Waals surface area (Å²) in [5, 5.41) is 6.61. The Labute approximate surface area is 239 Å². The van der Waals surface area contributed by atoms with Gasteiger partial charge in [0.05, 0.1) is 12.8 Å². The molecule has 2 rings (SSSR count). The van der Waals surface area contributed by atoms with Gasteiger partial charge in [-0.05, 0) is 75.4 Å². The van der Waals surface area contributed by atoms with Gasteiger partial charge in [-0.25, -0.2) is 12.7 Å². The predicted octanol–water partition coefficient (Wildman–Crippen LogP) is 7.60. The fourth-order valence-electron chi connectivity index (χ4n) is 5.36. The summed E-state index contributed by atoms with van der Waals surface area (Å²) in [7, 11) is -4.56. The molecule has 0 heterocycles. The van der Waals surface area contributed by atoms with Crippen molar-refractivity contribution >= 4 is 16.2 Å². The van der Waals surface area contributed by atoms with E-state index < -0.39 is 22.0 Å². The smallest absolute Gasteiger partial charge is 0.294 e. The molecule has 0 radical (unpaired) electrons. The summed E-state index contributed by atoms with van der Waals surface area (Å²) in [6.45, 7) is 15.4. The van der Waals surface area contributed by atoms with Gasteiger partial charge in [-0.15, -0.1) is 0 Å². The molecule has 2 aliphatic carbocycles. The molecule has 2 atom stereocenters. The fraction of sp³-hybridized carbons (Fsp3) is 0.581. The molecular weight excluding hydrogens is 535 g/mol. The Morgan fingerprint density at radius 2 is 1.98 bits per heavy atom. The third kappa shape index (κ3) is 9.91. The Kier molecular flexibility index (Phi) is 12.7. The first kappa shape index (κ1) is 33.8. The van der Waals surface area contributed by atoms with Crippen molar-refractivity contribution in [2.24, 2.45) is 16.4 Å². The molecule has 0 aromatic carbocycles. The monoisotopic (exact) mass is 581 g/mol. The lowest BCUT2D eigenvalue weighted by molar-refractivity contribution is -0.107. The summed E-state index contributed by atoms with van der Waals surface area (Å²) in [4.78, 5) is 0. The Balaban J connectivity index is 2.28. The van der Waals surface area contributed by atoms with Crippen LogP contribution < -0.4 is 0 Å². The van der Waals surface area contributed by atoms with Crippen molar-refractivity contribution in [2.45, 2.75) is 72.9 Å². The highest BCUT2D eigenvalue weighted by molar-refractivity contribution is 7.89. The maximum atomic E-state index is 13.3. The lowest BCUT2D eigenvalue weighted by atomic mass is 9.70. The van der Waals surface area contributed by atoms with Crippen LogP contribution in [0.4, 0.5) is 13.2 Å². The number of rotatable bonds is 15. The van der Waals surface area contributed by atoms with Gasteiger partial charge in [0.25, 0.3) is 0 Å². The van der Waals surface area contributed by atoms with E-state index in [1.54, 1.807) is 0 Å². The van der Waals surface area contributed by atoms with E-state index in [9.17, 15) is 21.6 Å². The van der Waals surface area contributed by atoms with Gasteiger partial charge in [0.2, 0.25) is 10.0 Å². The predicted molar refractivity (Wildman–Crippen MR) is 161 cm³/mol. The second kappa shape index (κ2) is 15.0. The van der Waals surface area contributed by atoms with Crippen LogP contribution in [0, 0.1) is 11.3 Å². The maximum Gasteiger partial charge on any atom is 0.404 e. The quantitative estimate of drug-likeness (QED) is 0.0866. The molecule has 9 heteroatoms. The van der Waals surface area contributed by atoms with Crippen LogP contribution in [0.25, 0.3) is 0 Å². The average Bonchev–Trinajstić information content (AvgIpc) is 3.18. The van der Waals surface area contributed by atoms with Crippen molar-refractivity contribution < 1.29 is 21.6 Å². The number of nitrogens with zero attached hydrogens (tertiary/aromatic N) is 3. The van der Waals surface area contributed by atoms with Crippen molar-refractivity contribution in [2.75, 3.05) is 31.9 Å². The topological polar surface area (TPSA) is 53.0 Å². The number of hydrogen-bond donors (Lipinski definition) is 0. The zero-order valence-electron chi connectivity index (χ0n) is 24.7. The lowest BCUT2D eigenvalue weighted by Gasteiger charge is -2.38. The van der Waals surface area contributed by atoms with E-state index in [4.69, 9.17) is 0 Å². The second-order valence-electron chi connectivity index (χ2n) is 10.9. The van der Waals surface area contributed by atoms with E-state index in [1.165, 1.54) is 5.57 Å². The Hall–Kier alpha value is -2.39. The van der Waals surface area contributed by atoms with E-state index >= 15 is 0 Å². The molecule has 0 aliphatic heterocycles. The molecule has 40 heavy (non-hydrogen) atoms. The van der Waals surface area contributed by atoms with Gasteiger partial charge in [-0.3, -0.25) is 5.01 Å². The minimum Gasteiger partial charge on any atom is -0.294 e. The van der Waals surface area contributed by atoms with Crippen molar-refractivity contribution in [3.8, 4) is 0 Å². The molecule has 0 saturated heterocycles. The van der Waals surface area contributed by atoms with Crippen LogP contribution in [0.5, 0.6) is 0 Å². The van der Waals surface area contributed by atoms with E-state index in [0.29, 0.717) is 12.8 Å². The molecule has 0 N–H and O–H groups in total. The standard InChI is InChI=1S/C31H46F3N3O2S/c1-7-10-12-19-36(9-3)35-22-26-14-15-28-16-17-29(30(28,6)21-26)23-37(40(38,39)24-31(32,33)34)20-18-27(25(4)5)13-11-8-2/h8,10-15,22,29H,4,7,9,16-21,23-24H2,1-3,5-6H3/b11-8-,12-10-,27-13-,35-22-/t29?,30-/m0/s1. The molecule has 0 spiro atoms. The molecule has 0 aromatic heterocycles. The summed E-state index contributed by atoms with van der Waals surface area (Å²) in [5.41, 5.74) is 3.48. The molecule has 2 aliphatic rings. The van der Waals surface area contributed by atoms with Crippen molar-refractivity contribution in [1.82, 2.24) is 9.31 Å². The Bertz CT molecular complexity index is 1160. The van der Waals surface area contributed by atoms with Gasteiger partial charge in [0.15, 0.2) is 5.75 Å². The number of hydrogen-bond acceptors (Lipinski definition) is 4. The number of hydrazone groups is 1. The highest BCUT2D eigenvalue weighted by atomic mass is 32.2. The van der Waals surface area contributed by atoms with E-state index in [0.717, 1.165) is 53.4 Å². The van der Waals surface area contributed by atoms with Gasteiger partial charge in [0.1, 0.15) is 0 Å². The molecule has 1 saturated carbocycles. The zero-order chi connectivity index (χ0) is 30.0. The first-order valence-corrected chi connectivity index (χ1v) is 15.7.